The number of ether oxygens (including phenoxy) is 1. The van der Waals surface area contributed by atoms with Crippen LogP contribution in [0.25, 0.3) is 0 Å². The highest BCUT2D eigenvalue weighted by Crippen LogP contribution is 2.18. The lowest BCUT2D eigenvalue weighted by molar-refractivity contribution is -0.139. The van der Waals surface area contributed by atoms with Crippen molar-refractivity contribution in [1.82, 2.24) is 5.32 Å². The van der Waals surface area contributed by atoms with E-state index in [-0.39, 0.29) is 5.97 Å². The molecule has 1 aliphatic rings. The predicted octanol–water partition coefficient (Wildman–Crippen LogP) is 1.03. The summed E-state index contributed by atoms with van der Waals surface area (Å²) in [4.78, 5) is 11.0. The molecule has 0 aromatic carbocycles. The van der Waals surface area contributed by atoms with Gasteiger partial charge >= 0.3 is 5.97 Å². The molecule has 1 rings (SSSR count). The van der Waals surface area contributed by atoms with Crippen molar-refractivity contribution in [2.45, 2.75) is 25.0 Å². The van der Waals surface area contributed by atoms with Crippen LogP contribution in [0.5, 0.6) is 0 Å². The summed E-state index contributed by atoms with van der Waals surface area (Å²) in [7, 11) is 0. The van der Waals surface area contributed by atoms with Crippen molar-refractivity contribution in [2.75, 3.05) is 25.4 Å². The van der Waals surface area contributed by atoms with Gasteiger partial charge in [-0.15, -0.1) is 11.8 Å². The first-order valence-electron chi connectivity index (χ1n) is 4.81. The van der Waals surface area contributed by atoms with Crippen LogP contribution in [0, 0.1) is 0 Å². The molecule has 0 aromatic rings. The molecule has 0 radical (unpaired) electrons. The van der Waals surface area contributed by atoms with Crippen LogP contribution in [0.1, 0.15) is 19.8 Å². The molecule has 0 aliphatic carbocycles. The van der Waals surface area contributed by atoms with Gasteiger partial charge in [0.2, 0.25) is 0 Å². The quantitative estimate of drug-likeness (QED) is 0.693. The molecule has 1 saturated heterocycles. The minimum atomic E-state index is -0.0851. The summed E-state index contributed by atoms with van der Waals surface area (Å²) < 4.78 is 4.85. The van der Waals surface area contributed by atoms with Crippen LogP contribution >= 0.6 is 11.8 Å². The smallest absolute Gasteiger partial charge is 0.315 e. The topological polar surface area (TPSA) is 38.3 Å². The Labute approximate surface area is 83.6 Å². The maximum Gasteiger partial charge on any atom is 0.315 e. The van der Waals surface area contributed by atoms with Gasteiger partial charge in [0.1, 0.15) is 0 Å². The zero-order chi connectivity index (χ0) is 9.52. The fourth-order valence-electron chi connectivity index (χ4n) is 1.35. The van der Waals surface area contributed by atoms with E-state index in [1.807, 2.05) is 6.92 Å². The highest BCUT2D eigenvalue weighted by atomic mass is 32.2. The molecule has 1 unspecified atom stereocenters. The molecule has 1 fully saturated rings. The van der Waals surface area contributed by atoms with Gasteiger partial charge < -0.3 is 10.1 Å². The average molecular weight is 203 g/mol. The standard InChI is InChI=1S/C9H17NO2S/c1-2-12-9(11)7-13-8-4-3-5-10-6-8/h8,10H,2-7H2,1H3. The van der Waals surface area contributed by atoms with Crippen LogP contribution in [0.4, 0.5) is 0 Å². The van der Waals surface area contributed by atoms with Gasteiger partial charge in [0, 0.05) is 11.8 Å². The van der Waals surface area contributed by atoms with Crippen molar-refractivity contribution in [3.8, 4) is 0 Å². The van der Waals surface area contributed by atoms with Crippen molar-refractivity contribution in [3.63, 3.8) is 0 Å². The summed E-state index contributed by atoms with van der Waals surface area (Å²) in [5.41, 5.74) is 0. The number of thioether (sulfide) groups is 1. The first-order chi connectivity index (χ1) is 6.33. The van der Waals surface area contributed by atoms with E-state index in [2.05, 4.69) is 5.32 Å². The number of hydrogen-bond donors (Lipinski definition) is 1. The second kappa shape index (κ2) is 6.27. The number of carbonyl (C=O) groups is 1. The Morgan fingerprint density at radius 1 is 1.69 bits per heavy atom. The minimum Gasteiger partial charge on any atom is -0.465 e. The first-order valence-corrected chi connectivity index (χ1v) is 5.85. The lowest BCUT2D eigenvalue weighted by atomic mass is 10.2. The van der Waals surface area contributed by atoms with Gasteiger partial charge in [-0.25, -0.2) is 0 Å². The third kappa shape index (κ3) is 4.52. The lowest BCUT2D eigenvalue weighted by Gasteiger charge is -2.21. The average Bonchev–Trinajstić information content (AvgIpc) is 2.17. The maximum absolute atomic E-state index is 11.0. The first kappa shape index (κ1) is 10.9. The number of carbonyl (C=O) groups excluding carboxylic acids is 1. The van der Waals surface area contributed by atoms with E-state index < -0.39 is 0 Å². The Kier molecular flexibility index (Phi) is 5.23. The summed E-state index contributed by atoms with van der Waals surface area (Å²) in [6, 6.07) is 0. The molecule has 0 amide bonds. The van der Waals surface area contributed by atoms with Crippen LogP contribution in [-0.2, 0) is 9.53 Å². The third-order valence-electron chi connectivity index (χ3n) is 1.99. The normalized spacial score (nSPS) is 22.7. The second-order valence-electron chi connectivity index (χ2n) is 3.08. The molecule has 1 N–H and O–H groups in total. The molecule has 4 heteroatoms. The summed E-state index contributed by atoms with van der Waals surface area (Å²) in [6.07, 6.45) is 2.44. The fraction of sp³-hybridized carbons (Fsp3) is 0.889. The zero-order valence-corrected chi connectivity index (χ0v) is 8.86. The van der Waals surface area contributed by atoms with E-state index >= 15 is 0 Å². The number of nitrogens with one attached hydrogen (secondary N) is 1. The number of piperidine rings is 1. The highest BCUT2D eigenvalue weighted by molar-refractivity contribution is 8.00. The molecule has 0 saturated carbocycles. The minimum absolute atomic E-state index is 0.0851. The van der Waals surface area contributed by atoms with E-state index in [1.54, 1.807) is 11.8 Å². The third-order valence-corrected chi connectivity index (χ3v) is 3.27. The molecule has 0 spiro atoms. The molecular formula is C9H17NO2S. The largest absolute Gasteiger partial charge is 0.465 e. The van der Waals surface area contributed by atoms with Gasteiger partial charge in [-0.1, -0.05) is 0 Å². The van der Waals surface area contributed by atoms with E-state index in [9.17, 15) is 4.79 Å². The Morgan fingerprint density at radius 2 is 2.54 bits per heavy atom. The molecule has 1 aliphatic heterocycles. The monoisotopic (exact) mass is 203 g/mol. The SMILES string of the molecule is CCOC(=O)CSC1CCCNC1. The molecule has 3 nitrogen and oxygen atoms in total. The van der Waals surface area contributed by atoms with Gasteiger partial charge in [0.25, 0.3) is 0 Å². The number of rotatable bonds is 4. The van der Waals surface area contributed by atoms with Crippen molar-refractivity contribution < 1.29 is 9.53 Å². The van der Waals surface area contributed by atoms with Gasteiger partial charge in [-0.2, -0.15) is 0 Å². The maximum atomic E-state index is 11.0. The van der Waals surface area contributed by atoms with Crippen LogP contribution in [-0.4, -0.2) is 36.7 Å². The molecule has 13 heavy (non-hydrogen) atoms. The summed E-state index contributed by atoms with van der Waals surface area (Å²) >= 11 is 1.71. The van der Waals surface area contributed by atoms with Crippen molar-refractivity contribution in [2.24, 2.45) is 0 Å². The fourth-order valence-corrected chi connectivity index (χ4v) is 2.37. The van der Waals surface area contributed by atoms with E-state index in [0.717, 1.165) is 13.1 Å². The molecule has 1 heterocycles. The van der Waals surface area contributed by atoms with E-state index in [1.165, 1.54) is 12.8 Å². The second-order valence-corrected chi connectivity index (χ2v) is 4.37. The van der Waals surface area contributed by atoms with Gasteiger partial charge in [0.15, 0.2) is 0 Å². The lowest BCUT2D eigenvalue weighted by Crippen LogP contribution is -2.32. The van der Waals surface area contributed by atoms with Gasteiger partial charge in [0.05, 0.1) is 12.4 Å². The van der Waals surface area contributed by atoms with Crippen LogP contribution in [0.15, 0.2) is 0 Å². The van der Waals surface area contributed by atoms with Crippen LogP contribution in [0.3, 0.4) is 0 Å². The van der Waals surface area contributed by atoms with E-state index in [4.69, 9.17) is 4.74 Å². The predicted molar refractivity (Wildman–Crippen MR) is 55.0 cm³/mol. The Morgan fingerprint density at radius 3 is 3.15 bits per heavy atom. The molecule has 0 bridgehead atoms. The Hall–Kier alpha value is -0.220. The van der Waals surface area contributed by atoms with E-state index in [0.29, 0.717) is 17.6 Å². The summed E-state index contributed by atoms with van der Waals surface area (Å²) in [6.45, 7) is 4.48. The van der Waals surface area contributed by atoms with Gasteiger partial charge in [-0.05, 0) is 26.3 Å². The molecule has 1 atom stereocenters. The summed E-state index contributed by atoms with van der Waals surface area (Å²) in [5.74, 6) is 0.415. The number of hydrogen-bond acceptors (Lipinski definition) is 4. The van der Waals surface area contributed by atoms with Crippen molar-refractivity contribution >= 4 is 17.7 Å². The molecule has 76 valence electrons. The number of esters is 1. The Balaban J connectivity index is 2.06. The summed E-state index contributed by atoms with van der Waals surface area (Å²) in [5, 5.41) is 3.91. The van der Waals surface area contributed by atoms with Crippen molar-refractivity contribution in [1.29, 1.82) is 0 Å². The van der Waals surface area contributed by atoms with Gasteiger partial charge in [-0.3, -0.25) is 4.79 Å². The Bertz CT molecular complexity index is 158. The van der Waals surface area contributed by atoms with Crippen LogP contribution in [0.2, 0.25) is 0 Å². The molecular weight excluding hydrogens is 186 g/mol. The zero-order valence-electron chi connectivity index (χ0n) is 8.04. The van der Waals surface area contributed by atoms with Crippen molar-refractivity contribution in [3.05, 3.63) is 0 Å². The van der Waals surface area contributed by atoms with Crippen LogP contribution < -0.4 is 5.32 Å². The highest BCUT2D eigenvalue weighted by Gasteiger charge is 2.14. The molecule has 0 aromatic heterocycles.